The van der Waals surface area contributed by atoms with Gasteiger partial charge in [0.05, 0.1) is 0 Å². The Bertz CT molecular complexity index is 415. The van der Waals surface area contributed by atoms with Crippen LogP contribution in [-0.4, -0.2) is 47.6 Å². The molecule has 21 heavy (non-hydrogen) atoms. The van der Waals surface area contributed by atoms with E-state index < -0.39 is 0 Å². The van der Waals surface area contributed by atoms with E-state index in [1.165, 1.54) is 37.9 Å². The maximum atomic E-state index is 4.42. The molecule has 2 rings (SSSR count). The fourth-order valence-corrected chi connectivity index (χ4v) is 2.81. The monoisotopic (exact) mass is 291 g/mol. The van der Waals surface area contributed by atoms with Gasteiger partial charge in [-0.05, 0) is 38.8 Å². The van der Waals surface area contributed by atoms with Crippen LogP contribution < -0.4 is 10.6 Å². The van der Waals surface area contributed by atoms with Gasteiger partial charge in [0.1, 0.15) is 18.0 Å². The molecule has 0 saturated carbocycles. The Morgan fingerprint density at radius 2 is 1.67 bits per heavy atom. The lowest BCUT2D eigenvalue weighted by Gasteiger charge is -2.26. The molecule has 1 aromatic heterocycles. The maximum Gasteiger partial charge on any atom is 0.134 e. The smallest absolute Gasteiger partial charge is 0.134 e. The molecule has 1 saturated heterocycles. The van der Waals surface area contributed by atoms with Crippen molar-refractivity contribution in [3.8, 4) is 0 Å². The number of aromatic nitrogens is 2. The zero-order chi connectivity index (χ0) is 14.9. The SMILES string of the molecule is CCCNc1ncnc(NCCN2CCCCC2)c1CC. The summed E-state index contributed by atoms with van der Waals surface area (Å²) in [5.74, 6) is 1.97. The van der Waals surface area contributed by atoms with Crippen LogP contribution in [0.25, 0.3) is 0 Å². The molecule has 0 aromatic carbocycles. The van der Waals surface area contributed by atoms with Crippen LogP contribution in [0.5, 0.6) is 0 Å². The summed E-state index contributed by atoms with van der Waals surface area (Å²) in [4.78, 5) is 11.3. The normalized spacial score (nSPS) is 15.9. The van der Waals surface area contributed by atoms with Gasteiger partial charge in [0.25, 0.3) is 0 Å². The van der Waals surface area contributed by atoms with Crippen molar-refractivity contribution in [2.75, 3.05) is 43.4 Å². The standard InChI is InChI=1S/C16H29N5/c1-3-8-17-15-14(4-2)16(20-13-19-15)18-9-12-21-10-6-5-7-11-21/h13H,3-12H2,1-2H3,(H2,17,18,19,20). The highest BCUT2D eigenvalue weighted by Gasteiger charge is 2.11. The number of hydrogen-bond acceptors (Lipinski definition) is 5. The quantitative estimate of drug-likeness (QED) is 0.771. The molecule has 0 unspecified atom stereocenters. The summed E-state index contributed by atoms with van der Waals surface area (Å²) < 4.78 is 0. The fraction of sp³-hybridized carbons (Fsp3) is 0.750. The van der Waals surface area contributed by atoms with Crippen LogP contribution in [0.1, 0.15) is 45.1 Å². The fourth-order valence-electron chi connectivity index (χ4n) is 2.81. The second-order valence-electron chi connectivity index (χ2n) is 5.66. The largest absolute Gasteiger partial charge is 0.370 e. The first-order valence-electron chi connectivity index (χ1n) is 8.39. The molecular weight excluding hydrogens is 262 g/mol. The van der Waals surface area contributed by atoms with E-state index in [0.29, 0.717) is 0 Å². The zero-order valence-corrected chi connectivity index (χ0v) is 13.5. The lowest BCUT2D eigenvalue weighted by Crippen LogP contribution is -2.33. The highest BCUT2D eigenvalue weighted by atomic mass is 15.2. The van der Waals surface area contributed by atoms with Crippen molar-refractivity contribution in [1.82, 2.24) is 14.9 Å². The number of nitrogens with one attached hydrogen (secondary N) is 2. The molecule has 0 amide bonds. The zero-order valence-electron chi connectivity index (χ0n) is 13.5. The van der Waals surface area contributed by atoms with E-state index in [9.17, 15) is 0 Å². The van der Waals surface area contributed by atoms with Crippen molar-refractivity contribution in [1.29, 1.82) is 0 Å². The van der Waals surface area contributed by atoms with Crippen LogP contribution in [0.3, 0.4) is 0 Å². The van der Waals surface area contributed by atoms with E-state index in [4.69, 9.17) is 0 Å². The molecule has 1 aliphatic rings. The van der Waals surface area contributed by atoms with E-state index in [2.05, 4.69) is 39.3 Å². The first-order valence-corrected chi connectivity index (χ1v) is 8.39. The number of hydrogen-bond donors (Lipinski definition) is 2. The van der Waals surface area contributed by atoms with Crippen LogP contribution >= 0.6 is 0 Å². The molecule has 0 aliphatic carbocycles. The summed E-state index contributed by atoms with van der Waals surface area (Å²) in [7, 11) is 0. The Hall–Kier alpha value is -1.36. The summed E-state index contributed by atoms with van der Waals surface area (Å²) in [6.45, 7) is 9.83. The van der Waals surface area contributed by atoms with Crippen LogP contribution in [0.4, 0.5) is 11.6 Å². The van der Waals surface area contributed by atoms with Crippen LogP contribution in [0.15, 0.2) is 6.33 Å². The van der Waals surface area contributed by atoms with Crippen molar-refractivity contribution in [3.63, 3.8) is 0 Å². The number of rotatable bonds is 8. The number of nitrogens with zero attached hydrogens (tertiary/aromatic N) is 3. The number of likely N-dealkylation sites (tertiary alicyclic amines) is 1. The number of anilines is 2. The predicted octanol–water partition coefficient (Wildman–Crippen LogP) is 2.76. The van der Waals surface area contributed by atoms with Crippen LogP contribution in [0, 0.1) is 0 Å². The van der Waals surface area contributed by atoms with Crippen LogP contribution in [-0.2, 0) is 6.42 Å². The first-order chi connectivity index (χ1) is 10.3. The lowest BCUT2D eigenvalue weighted by atomic mass is 10.1. The second kappa shape index (κ2) is 8.82. The summed E-state index contributed by atoms with van der Waals surface area (Å²) in [5, 5.41) is 6.89. The van der Waals surface area contributed by atoms with Gasteiger partial charge in [0, 0.05) is 25.2 Å². The molecule has 0 bridgehead atoms. The predicted molar refractivity (Wildman–Crippen MR) is 89.0 cm³/mol. The molecule has 0 spiro atoms. The van der Waals surface area contributed by atoms with E-state index in [-0.39, 0.29) is 0 Å². The molecule has 5 heteroatoms. The lowest BCUT2D eigenvalue weighted by molar-refractivity contribution is 0.237. The van der Waals surface area contributed by atoms with Gasteiger partial charge < -0.3 is 15.5 Å². The van der Waals surface area contributed by atoms with E-state index in [1.54, 1.807) is 6.33 Å². The molecule has 0 atom stereocenters. The Kier molecular flexibility index (Phi) is 6.73. The first kappa shape index (κ1) is 16.0. The third-order valence-electron chi connectivity index (χ3n) is 4.01. The summed E-state index contributed by atoms with van der Waals surface area (Å²) in [5.41, 5.74) is 1.20. The highest BCUT2D eigenvalue weighted by Crippen LogP contribution is 2.20. The molecule has 2 heterocycles. The summed E-state index contributed by atoms with van der Waals surface area (Å²) >= 11 is 0. The Morgan fingerprint density at radius 3 is 2.29 bits per heavy atom. The van der Waals surface area contributed by atoms with Crippen molar-refractivity contribution < 1.29 is 0 Å². The highest BCUT2D eigenvalue weighted by molar-refractivity contribution is 5.57. The third kappa shape index (κ3) is 4.84. The molecular formula is C16H29N5. The molecule has 1 aromatic rings. The van der Waals surface area contributed by atoms with E-state index in [1.807, 2.05) is 0 Å². The third-order valence-corrected chi connectivity index (χ3v) is 4.01. The van der Waals surface area contributed by atoms with Crippen LogP contribution in [0.2, 0.25) is 0 Å². The summed E-state index contributed by atoms with van der Waals surface area (Å²) in [6, 6.07) is 0. The minimum absolute atomic E-state index is 0.943. The molecule has 2 N–H and O–H groups in total. The topological polar surface area (TPSA) is 53.1 Å². The summed E-state index contributed by atoms with van der Waals surface area (Å²) in [6.07, 6.45) is 7.78. The average Bonchev–Trinajstić information content (AvgIpc) is 2.54. The van der Waals surface area contributed by atoms with Crippen molar-refractivity contribution in [3.05, 3.63) is 11.9 Å². The molecule has 5 nitrogen and oxygen atoms in total. The molecule has 118 valence electrons. The molecule has 0 radical (unpaired) electrons. The Labute approximate surface area is 128 Å². The van der Waals surface area contributed by atoms with Gasteiger partial charge in [0.2, 0.25) is 0 Å². The van der Waals surface area contributed by atoms with Gasteiger partial charge in [-0.3, -0.25) is 0 Å². The van der Waals surface area contributed by atoms with Gasteiger partial charge >= 0.3 is 0 Å². The minimum atomic E-state index is 0.943. The van der Waals surface area contributed by atoms with Crippen molar-refractivity contribution in [2.24, 2.45) is 0 Å². The van der Waals surface area contributed by atoms with E-state index in [0.717, 1.165) is 44.1 Å². The van der Waals surface area contributed by atoms with Crippen molar-refractivity contribution >= 4 is 11.6 Å². The Morgan fingerprint density at radius 1 is 1.00 bits per heavy atom. The Balaban J connectivity index is 1.89. The van der Waals surface area contributed by atoms with Gasteiger partial charge in [-0.1, -0.05) is 20.3 Å². The van der Waals surface area contributed by atoms with Gasteiger partial charge in [-0.25, -0.2) is 9.97 Å². The second-order valence-corrected chi connectivity index (χ2v) is 5.66. The maximum absolute atomic E-state index is 4.42. The number of piperidine rings is 1. The van der Waals surface area contributed by atoms with Gasteiger partial charge in [-0.15, -0.1) is 0 Å². The average molecular weight is 291 g/mol. The van der Waals surface area contributed by atoms with E-state index >= 15 is 0 Å². The van der Waals surface area contributed by atoms with Gasteiger partial charge in [0.15, 0.2) is 0 Å². The molecule has 1 aliphatic heterocycles. The minimum Gasteiger partial charge on any atom is -0.370 e. The van der Waals surface area contributed by atoms with Gasteiger partial charge in [-0.2, -0.15) is 0 Å². The molecule has 1 fully saturated rings. The van der Waals surface area contributed by atoms with Crippen molar-refractivity contribution in [2.45, 2.75) is 46.0 Å².